The van der Waals surface area contributed by atoms with Crippen molar-refractivity contribution in [2.45, 2.75) is 50.9 Å². The fourth-order valence-corrected chi connectivity index (χ4v) is 5.75. The van der Waals surface area contributed by atoms with Crippen LogP contribution in [-0.2, 0) is 4.79 Å². The molecule has 214 valence electrons. The third-order valence-electron chi connectivity index (χ3n) is 7.95. The number of aromatic nitrogens is 2. The van der Waals surface area contributed by atoms with Gasteiger partial charge in [-0.3, -0.25) is 14.2 Å². The Morgan fingerprint density at radius 3 is 2.55 bits per heavy atom. The standard InChI is InChI=1S/C28H32F3N5O4/c1-16-6-9-18(14-22(16)40-2)33-25(37)17-7-10-19(11-8-17)36-21-5-3-4-20(24(21)34-27(36)39)26(38)35-13-12-32-23(15-35)28(29,30)31/h3-6,9,14,17,19,23,32H,7-8,10-13,15H2,1-2H3,(H,33,37)(H,34,39)/t17-,19+,23?. The van der Waals surface area contributed by atoms with Crippen LogP contribution in [0.15, 0.2) is 41.2 Å². The first-order valence-corrected chi connectivity index (χ1v) is 13.3. The zero-order chi connectivity index (χ0) is 28.6. The SMILES string of the molecule is COc1cc(NC(=O)[C@H]2CC[C@@H](n3c(=O)[nH]c4c(C(=O)N5CCNC(C(F)(F)F)C5)cccc43)CC2)ccc1C. The highest BCUT2D eigenvalue weighted by atomic mass is 19.4. The summed E-state index contributed by atoms with van der Waals surface area (Å²) in [7, 11) is 1.58. The second-order valence-electron chi connectivity index (χ2n) is 10.5. The lowest BCUT2D eigenvalue weighted by Crippen LogP contribution is -2.58. The van der Waals surface area contributed by atoms with Gasteiger partial charge in [-0.15, -0.1) is 0 Å². The second-order valence-corrected chi connectivity index (χ2v) is 10.5. The number of rotatable bonds is 5. The van der Waals surface area contributed by atoms with E-state index in [0.717, 1.165) is 5.56 Å². The third kappa shape index (κ3) is 5.45. The molecule has 2 aromatic carbocycles. The fourth-order valence-electron chi connectivity index (χ4n) is 5.75. The molecule has 9 nitrogen and oxygen atoms in total. The molecule has 2 aliphatic rings. The predicted octanol–water partition coefficient (Wildman–Crippen LogP) is 3.99. The number of fused-ring (bicyclic) bond motifs is 1. The number of methoxy groups -OCH3 is 1. The van der Waals surface area contributed by atoms with Gasteiger partial charge in [0.25, 0.3) is 5.91 Å². The van der Waals surface area contributed by atoms with Crippen LogP contribution in [0.5, 0.6) is 5.75 Å². The number of para-hydroxylation sites is 1. The first-order valence-electron chi connectivity index (χ1n) is 13.3. The molecule has 1 aliphatic carbocycles. The number of carbonyl (C=O) groups is 2. The Morgan fingerprint density at radius 1 is 1.10 bits per heavy atom. The predicted molar refractivity (Wildman–Crippen MR) is 144 cm³/mol. The molecule has 1 atom stereocenters. The van der Waals surface area contributed by atoms with E-state index in [9.17, 15) is 27.6 Å². The van der Waals surface area contributed by atoms with E-state index in [1.807, 2.05) is 19.1 Å². The lowest BCUT2D eigenvalue weighted by atomic mass is 9.85. The molecule has 1 aliphatic heterocycles. The van der Waals surface area contributed by atoms with Crippen molar-refractivity contribution in [3.8, 4) is 5.75 Å². The quantitative estimate of drug-likeness (QED) is 0.438. The molecule has 0 bridgehead atoms. The summed E-state index contributed by atoms with van der Waals surface area (Å²) in [6.45, 7) is 1.59. The van der Waals surface area contributed by atoms with Crippen LogP contribution < -0.4 is 21.1 Å². The number of amides is 2. The number of anilines is 1. The van der Waals surface area contributed by atoms with Crippen LogP contribution in [-0.4, -0.2) is 65.2 Å². The summed E-state index contributed by atoms with van der Waals surface area (Å²) in [5.41, 5.74) is 2.24. The molecule has 2 heterocycles. The summed E-state index contributed by atoms with van der Waals surface area (Å²) in [6.07, 6.45) is -2.13. The molecular formula is C28H32F3N5O4. The number of carbonyl (C=O) groups excluding carboxylic acids is 2. The zero-order valence-electron chi connectivity index (χ0n) is 22.3. The molecule has 3 aromatic rings. The molecule has 40 heavy (non-hydrogen) atoms. The Kier molecular flexibility index (Phi) is 7.63. The van der Waals surface area contributed by atoms with Crippen molar-refractivity contribution >= 4 is 28.5 Å². The van der Waals surface area contributed by atoms with E-state index in [1.165, 1.54) is 11.0 Å². The maximum atomic E-state index is 13.3. The van der Waals surface area contributed by atoms with Crippen molar-refractivity contribution in [1.82, 2.24) is 19.8 Å². The summed E-state index contributed by atoms with van der Waals surface area (Å²) in [4.78, 5) is 43.2. The molecule has 3 N–H and O–H groups in total. The van der Waals surface area contributed by atoms with Crippen LogP contribution in [0.3, 0.4) is 0 Å². The zero-order valence-corrected chi connectivity index (χ0v) is 22.3. The van der Waals surface area contributed by atoms with E-state index in [4.69, 9.17) is 4.74 Å². The first-order chi connectivity index (χ1) is 19.1. The number of aromatic amines is 1. The van der Waals surface area contributed by atoms with E-state index in [-0.39, 0.29) is 42.2 Å². The fraction of sp³-hybridized carbons (Fsp3) is 0.464. The van der Waals surface area contributed by atoms with Crippen LogP contribution in [0.4, 0.5) is 18.9 Å². The Labute approximate surface area is 228 Å². The van der Waals surface area contributed by atoms with Gasteiger partial charge in [0.1, 0.15) is 11.8 Å². The number of ether oxygens (including phenoxy) is 1. The van der Waals surface area contributed by atoms with Gasteiger partial charge in [-0.05, 0) is 56.4 Å². The van der Waals surface area contributed by atoms with Crippen molar-refractivity contribution in [3.63, 3.8) is 0 Å². The lowest BCUT2D eigenvalue weighted by molar-refractivity contribution is -0.162. The number of H-pyrrole nitrogens is 1. The maximum Gasteiger partial charge on any atom is 0.405 e. The molecule has 0 radical (unpaired) electrons. The van der Waals surface area contributed by atoms with Crippen LogP contribution in [0, 0.1) is 12.8 Å². The topological polar surface area (TPSA) is 108 Å². The number of benzene rings is 2. The first kappa shape index (κ1) is 27.8. The van der Waals surface area contributed by atoms with Gasteiger partial charge in [-0.25, -0.2) is 4.79 Å². The van der Waals surface area contributed by atoms with E-state index < -0.39 is 24.7 Å². The van der Waals surface area contributed by atoms with Crippen LogP contribution >= 0.6 is 0 Å². The Morgan fingerprint density at radius 2 is 1.85 bits per heavy atom. The van der Waals surface area contributed by atoms with Crippen LogP contribution in [0.1, 0.15) is 47.6 Å². The number of halogens is 3. The highest BCUT2D eigenvalue weighted by Gasteiger charge is 2.43. The summed E-state index contributed by atoms with van der Waals surface area (Å²) >= 11 is 0. The number of nitrogens with zero attached hydrogens (tertiary/aromatic N) is 2. The summed E-state index contributed by atoms with van der Waals surface area (Å²) < 4.78 is 46.7. The highest BCUT2D eigenvalue weighted by molar-refractivity contribution is 6.05. The van der Waals surface area contributed by atoms with Gasteiger partial charge in [0.05, 0.1) is 23.7 Å². The minimum Gasteiger partial charge on any atom is -0.496 e. The number of hydrogen-bond donors (Lipinski definition) is 3. The van der Waals surface area contributed by atoms with Gasteiger partial charge in [0.15, 0.2) is 0 Å². The van der Waals surface area contributed by atoms with Crippen molar-refractivity contribution in [2.24, 2.45) is 5.92 Å². The summed E-state index contributed by atoms with van der Waals surface area (Å²) in [5.74, 6) is -0.161. The molecular weight excluding hydrogens is 527 g/mol. The average molecular weight is 560 g/mol. The van der Waals surface area contributed by atoms with Gasteiger partial charge in [0.2, 0.25) is 5.91 Å². The van der Waals surface area contributed by atoms with E-state index in [1.54, 1.807) is 29.9 Å². The highest BCUT2D eigenvalue weighted by Crippen LogP contribution is 2.35. The molecule has 1 unspecified atom stereocenters. The molecule has 5 rings (SSSR count). The Bertz CT molecular complexity index is 1470. The van der Waals surface area contributed by atoms with Crippen molar-refractivity contribution in [3.05, 3.63) is 58.0 Å². The monoisotopic (exact) mass is 559 g/mol. The normalized spacial score (nSPS) is 21.8. The van der Waals surface area contributed by atoms with Gasteiger partial charge >= 0.3 is 11.9 Å². The van der Waals surface area contributed by atoms with Crippen molar-refractivity contribution < 1.29 is 27.5 Å². The number of piperazine rings is 1. The Hall–Kier alpha value is -3.80. The number of hydrogen-bond acceptors (Lipinski definition) is 5. The summed E-state index contributed by atoms with van der Waals surface area (Å²) in [6, 6.07) is 8.41. The van der Waals surface area contributed by atoms with Gasteiger partial charge in [-0.2, -0.15) is 13.2 Å². The molecule has 1 saturated heterocycles. The van der Waals surface area contributed by atoms with Gasteiger partial charge in [-0.1, -0.05) is 12.1 Å². The lowest BCUT2D eigenvalue weighted by Gasteiger charge is -2.34. The van der Waals surface area contributed by atoms with Crippen molar-refractivity contribution in [2.75, 3.05) is 32.1 Å². The maximum absolute atomic E-state index is 13.3. The van der Waals surface area contributed by atoms with Crippen molar-refractivity contribution in [1.29, 1.82) is 0 Å². The summed E-state index contributed by atoms with van der Waals surface area (Å²) in [5, 5.41) is 5.36. The van der Waals surface area contributed by atoms with E-state index in [2.05, 4.69) is 15.6 Å². The Balaban J connectivity index is 1.29. The molecule has 1 aromatic heterocycles. The van der Waals surface area contributed by atoms with Crippen LogP contribution in [0.25, 0.3) is 11.0 Å². The van der Waals surface area contributed by atoms with E-state index in [0.29, 0.717) is 48.2 Å². The second kappa shape index (κ2) is 11.0. The van der Waals surface area contributed by atoms with Gasteiger partial charge < -0.3 is 25.3 Å². The minimum atomic E-state index is -4.47. The number of imidazole rings is 1. The number of nitrogens with one attached hydrogen (secondary N) is 3. The minimum absolute atomic E-state index is 0.0255. The largest absolute Gasteiger partial charge is 0.496 e. The average Bonchev–Trinajstić information content (AvgIpc) is 3.29. The third-order valence-corrected chi connectivity index (χ3v) is 7.95. The smallest absolute Gasteiger partial charge is 0.405 e. The molecule has 0 spiro atoms. The van der Waals surface area contributed by atoms with Crippen LogP contribution in [0.2, 0.25) is 0 Å². The molecule has 2 amide bonds. The van der Waals surface area contributed by atoms with Gasteiger partial charge in [0, 0.05) is 43.3 Å². The molecule has 1 saturated carbocycles. The molecule has 2 fully saturated rings. The number of aryl methyl sites for hydroxylation is 1. The number of alkyl halides is 3. The van der Waals surface area contributed by atoms with E-state index >= 15 is 0 Å². The molecule has 12 heteroatoms.